The van der Waals surface area contributed by atoms with Crippen LogP contribution >= 0.6 is 7.59 Å². The van der Waals surface area contributed by atoms with Crippen LogP contribution in [0, 0.1) is 0 Å². The van der Waals surface area contributed by atoms with Crippen molar-refractivity contribution in [1.29, 1.82) is 0 Å². The third-order valence-electron chi connectivity index (χ3n) is 1.90. The van der Waals surface area contributed by atoms with Crippen molar-refractivity contribution in [3.05, 3.63) is 0 Å². The van der Waals surface area contributed by atoms with Crippen LogP contribution in [0.15, 0.2) is 0 Å². The van der Waals surface area contributed by atoms with E-state index < -0.39 is 38.7 Å². The van der Waals surface area contributed by atoms with Crippen molar-refractivity contribution in [2.75, 3.05) is 6.61 Å². The summed E-state index contributed by atoms with van der Waals surface area (Å²) in [4.78, 5) is 0. The smallest absolute Gasteiger partial charge is 0.274 e. The van der Waals surface area contributed by atoms with Gasteiger partial charge in [0.1, 0.15) is 12.2 Å². The highest BCUT2D eigenvalue weighted by Gasteiger charge is 2.44. The molecule has 0 aliphatic carbocycles. The molecule has 14 heavy (non-hydrogen) atoms. The van der Waals surface area contributed by atoms with E-state index in [1.54, 1.807) is 0 Å². The summed E-state index contributed by atoms with van der Waals surface area (Å²) in [5.41, 5.74) is 10.0. The van der Waals surface area contributed by atoms with Crippen LogP contribution in [0.2, 0.25) is 0 Å². The highest BCUT2D eigenvalue weighted by atomic mass is 31.2. The summed E-state index contributed by atoms with van der Waals surface area (Å²) in [6.45, 7) is -0.462. The number of nitrogens with one attached hydrogen (secondary N) is 1. The van der Waals surface area contributed by atoms with Crippen LogP contribution in [0.5, 0.6) is 0 Å². The van der Waals surface area contributed by atoms with E-state index in [2.05, 4.69) is 5.09 Å². The van der Waals surface area contributed by atoms with E-state index in [9.17, 15) is 14.8 Å². The molecule has 1 aliphatic rings. The predicted octanol–water partition coefficient (Wildman–Crippen LogP) is -2.96. The number of aliphatic hydroxyl groups excluding tert-OH is 3. The maximum absolute atomic E-state index is 11.0. The zero-order valence-electron chi connectivity index (χ0n) is 7.28. The average molecular weight is 227 g/mol. The maximum Gasteiger partial charge on any atom is 0.274 e. The van der Waals surface area contributed by atoms with Crippen LogP contribution < -0.4 is 16.1 Å². The van der Waals surface area contributed by atoms with Gasteiger partial charge in [0, 0.05) is 0 Å². The van der Waals surface area contributed by atoms with Crippen molar-refractivity contribution in [1.82, 2.24) is 5.09 Å². The molecule has 9 heteroatoms. The fourth-order valence-electron chi connectivity index (χ4n) is 1.27. The van der Waals surface area contributed by atoms with Crippen molar-refractivity contribution in [3.63, 3.8) is 0 Å². The number of hydrogen-bond acceptors (Lipinski definition) is 5. The van der Waals surface area contributed by atoms with Gasteiger partial charge in [-0.1, -0.05) is 0 Å². The summed E-state index contributed by atoms with van der Waals surface area (Å²) < 4.78 is 15.7. The van der Waals surface area contributed by atoms with E-state index >= 15 is 0 Å². The van der Waals surface area contributed by atoms with Crippen LogP contribution in [-0.4, -0.2) is 46.5 Å². The molecule has 1 rings (SSSR count). The summed E-state index contributed by atoms with van der Waals surface area (Å²) in [6, 6.07) is -1.06. The monoisotopic (exact) mass is 227 g/mol. The predicted molar refractivity (Wildman–Crippen MR) is 46.9 cm³/mol. The second-order valence-corrected chi connectivity index (χ2v) is 4.78. The van der Waals surface area contributed by atoms with Gasteiger partial charge in [-0.05, 0) is 0 Å². The van der Waals surface area contributed by atoms with Gasteiger partial charge in [-0.15, -0.1) is 0 Å². The minimum absolute atomic E-state index is 0.462. The SMILES string of the molecule is NP(N)(=O)NC1[C@@H](O)O[C@H](CO)[C@H]1O. The van der Waals surface area contributed by atoms with Crippen LogP contribution in [0.4, 0.5) is 0 Å². The molecule has 0 spiro atoms. The lowest BCUT2D eigenvalue weighted by atomic mass is 10.1. The quantitative estimate of drug-likeness (QED) is 0.280. The Hall–Kier alpha value is -0.0500. The van der Waals surface area contributed by atoms with Gasteiger partial charge < -0.3 is 20.1 Å². The van der Waals surface area contributed by atoms with E-state index in [1.807, 2.05) is 0 Å². The molecule has 0 aromatic carbocycles. The van der Waals surface area contributed by atoms with Gasteiger partial charge in [-0.25, -0.2) is 5.09 Å². The van der Waals surface area contributed by atoms with Gasteiger partial charge in [-0.2, -0.15) is 0 Å². The Kier molecular flexibility index (Phi) is 3.62. The van der Waals surface area contributed by atoms with Gasteiger partial charge in [0.15, 0.2) is 6.29 Å². The van der Waals surface area contributed by atoms with E-state index in [1.165, 1.54) is 0 Å². The van der Waals surface area contributed by atoms with Crippen molar-refractivity contribution in [2.24, 2.45) is 11.0 Å². The van der Waals surface area contributed by atoms with Crippen molar-refractivity contribution < 1.29 is 24.6 Å². The second-order valence-electron chi connectivity index (χ2n) is 3.10. The van der Waals surface area contributed by atoms with E-state index in [0.29, 0.717) is 0 Å². The number of rotatable bonds is 3. The average Bonchev–Trinajstić information content (AvgIpc) is 2.29. The van der Waals surface area contributed by atoms with E-state index in [-0.39, 0.29) is 0 Å². The molecule has 8 nitrogen and oxygen atoms in total. The van der Waals surface area contributed by atoms with Crippen molar-refractivity contribution >= 4 is 7.59 Å². The molecule has 0 radical (unpaired) electrons. The fourth-order valence-corrected chi connectivity index (χ4v) is 2.01. The Balaban J connectivity index is 2.65. The Bertz CT molecular complexity index is 246. The molecule has 0 bridgehead atoms. The first kappa shape index (κ1) is 12.0. The minimum Gasteiger partial charge on any atom is -0.394 e. The van der Waals surface area contributed by atoms with Crippen molar-refractivity contribution in [3.8, 4) is 0 Å². The summed E-state index contributed by atoms with van der Waals surface area (Å²) in [5.74, 6) is 0. The topological polar surface area (TPSA) is 151 Å². The molecule has 1 heterocycles. The molecule has 8 N–H and O–H groups in total. The zero-order valence-corrected chi connectivity index (χ0v) is 8.17. The molecule has 4 atom stereocenters. The Morgan fingerprint density at radius 2 is 2.00 bits per heavy atom. The first-order valence-electron chi connectivity index (χ1n) is 3.92. The van der Waals surface area contributed by atoms with Gasteiger partial charge >= 0.3 is 0 Å². The van der Waals surface area contributed by atoms with Gasteiger partial charge in [0.05, 0.1) is 12.6 Å². The molecule has 1 unspecified atom stereocenters. The first-order valence-corrected chi connectivity index (χ1v) is 5.77. The van der Waals surface area contributed by atoms with Crippen LogP contribution in [0.1, 0.15) is 0 Å². The Labute approximate surface area is 80.4 Å². The Morgan fingerprint density at radius 3 is 2.36 bits per heavy atom. The normalized spacial score (nSPS) is 38.9. The Morgan fingerprint density at radius 1 is 1.43 bits per heavy atom. The molecule has 0 aromatic heterocycles. The standard InChI is InChI=1S/C5H14N3O5P/c6-14(7,12)8-3-4(10)2(1-9)13-5(3)11/h2-5,9-11H,1H2,(H5,6,7,8,12)/t2-,3?,4-,5+/m1/s1. The van der Waals surface area contributed by atoms with Gasteiger partial charge in [0.2, 0.25) is 0 Å². The lowest BCUT2D eigenvalue weighted by molar-refractivity contribution is -0.111. The number of aliphatic hydroxyl groups is 3. The largest absolute Gasteiger partial charge is 0.394 e. The second kappa shape index (κ2) is 4.21. The molecule has 1 fully saturated rings. The number of nitrogens with two attached hydrogens (primary N) is 2. The third kappa shape index (κ3) is 2.72. The van der Waals surface area contributed by atoms with Crippen LogP contribution in [-0.2, 0) is 9.30 Å². The molecule has 1 aliphatic heterocycles. The molecule has 84 valence electrons. The summed E-state index contributed by atoms with van der Waals surface area (Å²) in [6.07, 6.45) is -3.55. The zero-order chi connectivity index (χ0) is 10.9. The highest BCUT2D eigenvalue weighted by molar-refractivity contribution is 7.56. The number of hydrogen-bond donors (Lipinski definition) is 6. The van der Waals surface area contributed by atoms with Crippen LogP contribution in [0.25, 0.3) is 0 Å². The first-order chi connectivity index (χ1) is 6.35. The lowest BCUT2D eigenvalue weighted by Gasteiger charge is -2.20. The fraction of sp³-hybridized carbons (Fsp3) is 1.00. The minimum atomic E-state index is -3.56. The highest BCUT2D eigenvalue weighted by Crippen LogP contribution is 2.27. The summed E-state index contributed by atoms with van der Waals surface area (Å²) >= 11 is 0. The van der Waals surface area contributed by atoms with Gasteiger partial charge in [0.25, 0.3) is 7.59 Å². The maximum atomic E-state index is 11.0. The molecular weight excluding hydrogens is 213 g/mol. The van der Waals surface area contributed by atoms with Gasteiger partial charge in [-0.3, -0.25) is 15.6 Å². The summed E-state index contributed by atoms with van der Waals surface area (Å²) in [5, 5.41) is 29.6. The lowest BCUT2D eigenvalue weighted by Crippen LogP contribution is -2.46. The summed E-state index contributed by atoms with van der Waals surface area (Å²) in [7, 11) is -3.56. The molecule has 0 saturated carbocycles. The molecular formula is C5H14N3O5P. The van der Waals surface area contributed by atoms with Crippen LogP contribution in [0.3, 0.4) is 0 Å². The molecule has 0 aromatic rings. The molecule has 0 amide bonds. The van der Waals surface area contributed by atoms with Crippen molar-refractivity contribution in [2.45, 2.75) is 24.5 Å². The number of ether oxygens (including phenoxy) is 1. The third-order valence-corrected chi connectivity index (χ3v) is 2.60. The van der Waals surface area contributed by atoms with E-state index in [0.717, 1.165) is 0 Å². The molecule has 1 saturated heterocycles. The van der Waals surface area contributed by atoms with E-state index in [4.69, 9.17) is 20.9 Å².